The largest absolute Gasteiger partial charge is 0.494 e. The molecule has 198 valence electrons. The Labute approximate surface area is 230 Å². The minimum absolute atomic E-state index is 0.118. The molecule has 2 aromatic carbocycles. The minimum atomic E-state index is -1.02. The van der Waals surface area contributed by atoms with Crippen molar-refractivity contribution in [3.8, 4) is 29.4 Å². The Hall–Kier alpha value is -4.03. The molecule has 2 aliphatic heterocycles. The highest BCUT2D eigenvalue weighted by atomic mass is 35.5. The number of halogens is 1. The van der Waals surface area contributed by atoms with E-state index in [0.717, 1.165) is 10.8 Å². The predicted octanol–water partition coefficient (Wildman–Crippen LogP) is 5.85. The van der Waals surface area contributed by atoms with Gasteiger partial charge in [-0.25, -0.2) is 4.98 Å². The third-order valence-electron chi connectivity index (χ3n) is 7.74. The van der Waals surface area contributed by atoms with Crippen molar-refractivity contribution in [3.63, 3.8) is 0 Å². The van der Waals surface area contributed by atoms with Gasteiger partial charge in [0.2, 0.25) is 17.6 Å². The lowest BCUT2D eigenvalue weighted by molar-refractivity contribution is -0.116. The summed E-state index contributed by atoms with van der Waals surface area (Å²) in [7, 11) is 0. The van der Waals surface area contributed by atoms with Crippen LogP contribution in [0.25, 0.3) is 16.5 Å². The highest BCUT2D eigenvalue weighted by Crippen LogP contribution is 2.66. The third-order valence-corrected chi connectivity index (χ3v) is 7.97. The van der Waals surface area contributed by atoms with Gasteiger partial charge in [-0.15, -0.1) is 6.58 Å². The van der Waals surface area contributed by atoms with Crippen LogP contribution in [0.2, 0.25) is 5.02 Å². The number of ether oxygens (including phenoxy) is 3. The van der Waals surface area contributed by atoms with Crippen molar-refractivity contribution in [2.45, 2.75) is 37.1 Å². The van der Waals surface area contributed by atoms with Gasteiger partial charge < -0.3 is 24.4 Å². The lowest BCUT2D eigenvalue weighted by atomic mass is 9.76. The first kappa shape index (κ1) is 25.3. The van der Waals surface area contributed by atoms with Gasteiger partial charge in [-0.1, -0.05) is 41.9 Å². The average Bonchev–Trinajstić information content (AvgIpc) is 3.49. The Morgan fingerprint density at radius 1 is 1.18 bits per heavy atom. The summed E-state index contributed by atoms with van der Waals surface area (Å²) in [6.07, 6.45) is 3.61. The fourth-order valence-electron chi connectivity index (χ4n) is 6.07. The molecule has 3 atom stereocenters. The van der Waals surface area contributed by atoms with Crippen molar-refractivity contribution < 1.29 is 24.4 Å². The number of fused-ring (bicyclic) bond motifs is 6. The molecule has 0 amide bonds. The topological polar surface area (TPSA) is 110 Å². The van der Waals surface area contributed by atoms with Crippen molar-refractivity contribution in [2.75, 3.05) is 13.2 Å². The third kappa shape index (κ3) is 3.77. The molecule has 1 saturated heterocycles. The van der Waals surface area contributed by atoms with Crippen LogP contribution in [0.5, 0.6) is 17.6 Å². The monoisotopic (exact) mass is 543 g/mol. The summed E-state index contributed by atoms with van der Waals surface area (Å²) >= 11 is 5.94. The van der Waals surface area contributed by atoms with E-state index < -0.39 is 17.3 Å². The molecule has 6 rings (SSSR count). The van der Waals surface area contributed by atoms with Crippen LogP contribution in [0.4, 0.5) is 0 Å². The first-order valence-corrected chi connectivity index (χ1v) is 13.0. The van der Waals surface area contributed by atoms with Crippen LogP contribution in [0, 0.1) is 11.3 Å². The molecule has 2 aliphatic rings. The van der Waals surface area contributed by atoms with Gasteiger partial charge in [-0.2, -0.15) is 5.26 Å². The van der Waals surface area contributed by atoms with Gasteiger partial charge in [-0.05, 0) is 25.1 Å². The van der Waals surface area contributed by atoms with E-state index in [1.54, 1.807) is 30.3 Å². The number of nitrogens with zero attached hydrogens (tertiary/aromatic N) is 3. The first-order chi connectivity index (χ1) is 18.8. The quantitative estimate of drug-likeness (QED) is 0.268. The van der Waals surface area contributed by atoms with Crippen LogP contribution in [-0.4, -0.2) is 39.1 Å². The van der Waals surface area contributed by atoms with Crippen LogP contribution in [0.1, 0.15) is 36.5 Å². The molecule has 2 aromatic heterocycles. The number of aromatic nitrogens is 2. The van der Waals surface area contributed by atoms with Gasteiger partial charge in [0.05, 0.1) is 52.8 Å². The second-order valence-electron chi connectivity index (χ2n) is 9.95. The van der Waals surface area contributed by atoms with Crippen LogP contribution < -0.4 is 4.74 Å². The zero-order valence-electron chi connectivity index (χ0n) is 21.2. The Balaban J connectivity index is 1.46. The molecule has 4 heterocycles. The standard InChI is InChI=1S/C30H26ClN3O5/c1-3-13-37-23-15-30(12-14-38-24-11-9-19(31)17-33-24)26-25(29(23,2)39-30)27(35)34(28(26)36)22-10-8-18(16-32)20-6-4-5-7-21(20)22/h3-11,17,23,35-36H,1,12-15H2,2H3/t23-,29-,30+/m0/s1. The number of nitriles is 1. The Kier molecular flexibility index (Phi) is 6.03. The highest BCUT2D eigenvalue weighted by molar-refractivity contribution is 6.30. The molecule has 4 aromatic rings. The smallest absolute Gasteiger partial charge is 0.213 e. The number of rotatable bonds is 8. The van der Waals surface area contributed by atoms with E-state index >= 15 is 0 Å². The molecule has 0 saturated carbocycles. The zero-order valence-corrected chi connectivity index (χ0v) is 22.0. The van der Waals surface area contributed by atoms with Crippen molar-refractivity contribution in [1.82, 2.24) is 9.55 Å². The van der Waals surface area contributed by atoms with E-state index in [4.69, 9.17) is 25.8 Å². The van der Waals surface area contributed by atoms with Crippen LogP contribution in [-0.2, 0) is 20.7 Å². The predicted molar refractivity (Wildman–Crippen MR) is 145 cm³/mol. The van der Waals surface area contributed by atoms with Gasteiger partial charge in [0.25, 0.3) is 0 Å². The van der Waals surface area contributed by atoms with E-state index in [1.165, 1.54) is 10.8 Å². The summed E-state index contributed by atoms with van der Waals surface area (Å²) < 4.78 is 20.1. The summed E-state index contributed by atoms with van der Waals surface area (Å²) in [6.45, 7) is 6.18. The molecule has 39 heavy (non-hydrogen) atoms. The molecular weight excluding hydrogens is 518 g/mol. The molecule has 9 heteroatoms. The van der Waals surface area contributed by atoms with Crippen molar-refractivity contribution in [3.05, 3.63) is 89.1 Å². The fraction of sp³-hybridized carbons (Fsp3) is 0.267. The van der Waals surface area contributed by atoms with E-state index in [9.17, 15) is 15.5 Å². The number of pyridine rings is 1. The minimum Gasteiger partial charge on any atom is -0.494 e. The van der Waals surface area contributed by atoms with Gasteiger partial charge in [0.15, 0.2) is 0 Å². The van der Waals surface area contributed by atoms with Gasteiger partial charge in [-0.3, -0.25) is 4.57 Å². The SMILES string of the molecule is C=CCO[C@H]1C[C@@]2(CCOc3ccc(Cl)cn3)O[C@]1(C)c1c2c(O)n(-c2ccc(C#N)c3ccccc23)c1O. The van der Waals surface area contributed by atoms with E-state index in [1.807, 2.05) is 31.2 Å². The normalized spacial score (nSPS) is 23.1. The average molecular weight is 544 g/mol. The Morgan fingerprint density at radius 2 is 1.95 bits per heavy atom. The van der Waals surface area contributed by atoms with Crippen molar-refractivity contribution >= 4 is 22.4 Å². The molecule has 0 spiro atoms. The summed E-state index contributed by atoms with van der Waals surface area (Å²) in [5.74, 6) is 0.171. The number of benzene rings is 2. The highest BCUT2D eigenvalue weighted by Gasteiger charge is 2.66. The summed E-state index contributed by atoms with van der Waals surface area (Å²) in [5.41, 5.74) is 0.0624. The molecular formula is C30H26ClN3O5. The molecule has 0 radical (unpaired) electrons. The van der Waals surface area contributed by atoms with Gasteiger partial charge in [0, 0.05) is 35.9 Å². The Morgan fingerprint density at radius 3 is 2.67 bits per heavy atom. The van der Waals surface area contributed by atoms with Gasteiger partial charge in [0.1, 0.15) is 11.2 Å². The first-order valence-electron chi connectivity index (χ1n) is 12.6. The maximum absolute atomic E-state index is 11.7. The van der Waals surface area contributed by atoms with Gasteiger partial charge >= 0.3 is 0 Å². The zero-order chi connectivity index (χ0) is 27.4. The van der Waals surface area contributed by atoms with Crippen molar-refractivity contribution in [1.29, 1.82) is 5.26 Å². The van der Waals surface area contributed by atoms with E-state index in [0.29, 0.717) is 52.7 Å². The fourth-order valence-corrected chi connectivity index (χ4v) is 6.19. The van der Waals surface area contributed by atoms with Crippen LogP contribution in [0.3, 0.4) is 0 Å². The lowest BCUT2D eigenvalue weighted by Crippen LogP contribution is -2.36. The van der Waals surface area contributed by atoms with Crippen LogP contribution in [0.15, 0.2) is 67.4 Å². The molecule has 2 N–H and O–H groups in total. The van der Waals surface area contributed by atoms with E-state index in [2.05, 4.69) is 17.6 Å². The second kappa shape index (κ2) is 9.31. The number of hydrogen-bond acceptors (Lipinski definition) is 7. The molecule has 0 unspecified atom stereocenters. The molecule has 8 nitrogen and oxygen atoms in total. The number of hydrogen-bond donors (Lipinski definition) is 2. The molecule has 1 fully saturated rings. The maximum atomic E-state index is 11.7. The maximum Gasteiger partial charge on any atom is 0.213 e. The summed E-state index contributed by atoms with van der Waals surface area (Å²) in [4.78, 5) is 4.19. The van der Waals surface area contributed by atoms with E-state index in [-0.39, 0.29) is 18.4 Å². The molecule has 0 aliphatic carbocycles. The summed E-state index contributed by atoms with van der Waals surface area (Å²) in [5, 5.41) is 35.0. The second-order valence-corrected chi connectivity index (χ2v) is 10.4. The number of aromatic hydroxyl groups is 2. The lowest BCUT2D eigenvalue weighted by Gasteiger charge is -2.29. The Bertz CT molecular complexity index is 1640. The van der Waals surface area contributed by atoms with Crippen molar-refractivity contribution in [2.24, 2.45) is 0 Å². The molecule has 2 bridgehead atoms. The summed E-state index contributed by atoms with van der Waals surface area (Å²) in [6, 6.07) is 16.4. The van der Waals surface area contributed by atoms with Crippen LogP contribution >= 0.6 is 11.6 Å².